The molecule has 0 saturated heterocycles. The third-order valence-corrected chi connectivity index (χ3v) is 10.5. The van der Waals surface area contributed by atoms with Crippen molar-refractivity contribution in [2.75, 3.05) is 0 Å². The van der Waals surface area contributed by atoms with Gasteiger partial charge < -0.3 is 0 Å². The number of hydrogen-bond acceptors (Lipinski definition) is 1. The summed E-state index contributed by atoms with van der Waals surface area (Å²) < 4.78 is 0. The van der Waals surface area contributed by atoms with Gasteiger partial charge in [-0.1, -0.05) is 97.2 Å². The van der Waals surface area contributed by atoms with Crippen molar-refractivity contribution in [1.82, 2.24) is 4.98 Å². The molecule has 0 aliphatic rings. The highest BCUT2D eigenvalue weighted by Crippen LogP contribution is 2.33. The van der Waals surface area contributed by atoms with E-state index in [4.69, 9.17) is 28.2 Å². The second kappa shape index (κ2) is 7.55. The highest BCUT2D eigenvalue weighted by molar-refractivity contribution is 7.07. The van der Waals surface area contributed by atoms with Crippen LogP contribution in [0.3, 0.4) is 0 Å². The van der Waals surface area contributed by atoms with Crippen LogP contribution in [-0.2, 0) is 0 Å². The summed E-state index contributed by atoms with van der Waals surface area (Å²) >= 11 is 12.6. The summed E-state index contributed by atoms with van der Waals surface area (Å²) in [6.45, 7) is 11.9. The zero-order valence-corrected chi connectivity index (χ0v) is 20.0. The van der Waals surface area contributed by atoms with E-state index in [1.165, 1.54) is 21.3 Å². The largest absolute Gasteiger partial charge is 0.256 e. The summed E-state index contributed by atoms with van der Waals surface area (Å²) in [5.41, 5.74) is 4.82. The van der Waals surface area contributed by atoms with Crippen molar-refractivity contribution in [1.29, 1.82) is 0 Å². The van der Waals surface area contributed by atoms with E-state index >= 15 is 0 Å². The molecule has 1 heterocycles. The molecule has 0 bridgehead atoms. The molecule has 27 heavy (non-hydrogen) atoms. The standard InChI is InChI=1S/C22H25Cl2NSi2/c1-26(2,3)15-21(17-11-12-18(23)19(24)14-17)27(4,5)20-10-6-8-16-9-7-13-25-22(16)20/h6-15H,1-5H3/b21-15+. The van der Waals surface area contributed by atoms with Gasteiger partial charge in [0.2, 0.25) is 0 Å². The van der Waals surface area contributed by atoms with Crippen LogP contribution in [0.2, 0.25) is 42.8 Å². The fourth-order valence-corrected chi connectivity index (χ4v) is 10.0. The van der Waals surface area contributed by atoms with Gasteiger partial charge in [-0.25, -0.2) is 0 Å². The minimum Gasteiger partial charge on any atom is -0.256 e. The predicted octanol–water partition coefficient (Wildman–Crippen LogP) is 6.96. The summed E-state index contributed by atoms with van der Waals surface area (Å²) in [6, 6.07) is 16.7. The van der Waals surface area contributed by atoms with Gasteiger partial charge in [0.15, 0.2) is 0 Å². The summed E-state index contributed by atoms with van der Waals surface area (Å²) in [6.07, 6.45) is 1.89. The van der Waals surface area contributed by atoms with Crippen molar-refractivity contribution in [2.24, 2.45) is 0 Å². The van der Waals surface area contributed by atoms with Crippen LogP contribution in [0.5, 0.6) is 0 Å². The number of fused-ring (bicyclic) bond motifs is 1. The molecular weight excluding hydrogens is 405 g/mol. The van der Waals surface area contributed by atoms with Gasteiger partial charge in [0.1, 0.15) is 8.07 Å². The van der Waals surface area contributed by atoms with Gasteiger partial charge in [-0.2, -0.15) is 0 Å². The molecule has 1 aromatic heterocycles. The Labute approximate surface area is 174 Å². The second-order valence-electron chi connectivity index (χ2n) is 8.56. The molecule has 0 N–H and O–H groups in total. The Bertz CT molecular complexity index is 1010. The molecule has 3 aromatic rings. The number of para-hydroxylation sites is 1. The van der Waals surface area contributed by atoms with Crippen molar-refractivity contribution in [3.05, 3.63) is 76.0 Å². The SMILES string of the molecule is C[Si](C)(C)/C=C(\c1ccc(Cl)c(Cl)c1)[Si](C)(C)c1cccc2cccnc12. The van der Waals surface area contributed by atoms with E-state index in [-0.39, 0.29) is 0 Å². The van der Waals surface area contributed by atoms with Crippen molar-refractivity contribution < 1.29 is 0 Å². The van der Waals surface area contributed by atoms with Crippen LogP contribution in [0, 0.1) is 0 Å². The van der Waals surface area contributed by atoms with E-state index < -0.39 is 16.1 Å². The number of benzene rings is 2. The van der Waals surface area contributed by atoms with Crippen LogP contribution in [0.4, 0.5) is 0 Å². The van der Waals surface area contributed by atoms with E-state index in [0.29, 0.717) is 10.0 Å². The number of pyridine rings is 1. The molecule has 5 heteroatoms. The molecule has 0 amide bonds. The number of nitrogens with zero attached hydrogens (tertiary/aromatic N) is 1. The Morgan fingerprint density at radius 2 is 1.59 bits per heavy atom. The Hall–Kier alpha value is -1.40. The summed E-state index contributed by atoms with van der Waals surface area (Å²) in [5, 5.41) is 5.17. The van der Waals surface area contributed by atoms with E-state index in [2.05, 4.69) is 68.8 Å². The molecule has 2 aromatic carbocycles. The van der Waals surface area contributed by atoms with Gasteiger partial charge in [0.25, 0.3) is 0 Å². The predicted molar refractivity (Wildman–Crippen MR) is 127 cm³/mol. The molecule has 0 spiro atoms. The molecule has 1 nitrogen and oxygen atoms in total. The van der Waals surface area contributed by atoms with Crippen LogP contribution >= 0.6 is 23.2 Å². The third-order valence-electron chi connectivity index (χ3n) is 4.79. The molecule has 0 atom stereocenters. The first-order valence-electron chi connectivity index (χ1n) is 9.12. The highest BCUT2D eigenvalue weighted by Gasteiger charge is 2.33. The first kappa shape index (κ1) is 20.3. The minimum atomic E-state index is -2.03. The lowest BCUT2D eigenvalue weighted by Gasteiger charge is -2.30. The molecule has 3 rings (SSSR count). The van der Waals surface area contributed by atoms with Crippen LogP contribution in [0.1, 0.15) is 5.56 Å². The molecule has 0 fully saturated rings. The minimum absolute atomic E-state index is 0.596. The van der Waals surface area contributed by atoms with Crippen LogP contribution in [-0.4, -0.2) is 21.1 Å². The molecule has 0 saturated carbocycles. The zero-order chi connectivity index (χ0) is 19.8. The quantitative estimate of drug-likeness (QED) is 0.408. The molecule has 140 valence electrons. The lowest BCUT2D eigenvalue weighted by molar-refractivity contribution is 1.42. The molecular formula is C22H25Cl2NSi2. The van der Waals surface area contributed by atoms with Gasteiger partial charge in [-0.05, 0) is 28.9 Å². The summed E-state index contributed by atoms with van der Waals surface area (Å²) in [7, 11) is -3.50. The van der Waals surface area contributed by atoms with Crippen LogP contribution < -0.4 is 5.19 Å². The Morgan fingerprint density at radius 1 is 0.889 bits per heavy atom. The van der Waals surface area contributed by atoms with E-state index in [9.17, 15) is 0 Å². The van der Waals surface area contributed by atoms with Crippen molar-refractivity contribution in [3.8, 4) is 0 Å². The summed E-state index contributed by atoms with van der Waals surface area (Å²) in [4.78, 5) is 4.72. The van der Waals surface area contributed by atoms with Gasteiger partial charge >= 0.3 is 0 Å². The smallest absolute Gasteiger partial charge is 0.114 e. The monoisotopic (exact) mass is 429 g/mol. The van der Waals surface area contributed by atoms with Crippen molar-refractivity contribution >= 4 is 60.6 Å². The fraction of sp³-hybridized carbons (Fsp3) is 0.227. The van der Waals surface area contributed by atoms with Crippen LogP contribution in [0.15, 0.2) is 60.4 Å². The molecule has 0 unspecified atom stereocenters. The van der Waals surface area contributed by atoms with Gasteiger partial charge in [0.05, 0.1) is 23.6 Å². The lowest BCUT2D eigenvalue weighted by Crippen LogP contribution is -2.44. The van der Waals surface area contributed by atoms with Gasteiger partial charge in [-0.15, -0.1) is 0 Å². The number of rotatable bonds is 4. The number of hydrogen-bond donors (Lipinski definition) is 0. The molecule has 0 radical (unpaired) electrons. The number of halogens is 2. The van der Waals surface area contributed by atoms with Crippen molar-refractivity contribution in [3.63, 3.8) is 0 Å². The molecule has 0 aliphatic heterocycles. The molecule has 0 aliphatic carbocycles. The third kappa shape index (κ3) is 4.37. The number of aromatic nitrogens is 1. The maximum atomic E-state index is 6.38. The Balaban J connectivity index is 2.27. The fourth-order valence-electron chi connectivity index (χ4n) is 3.47. The Kier molecular flexibility index (Phi) is 5.69. The Morgan fingerprint density at radius 3 is 2.26 bits per heavy atom. The van der Waals surface area contributed by atoms with E-state index in [0.717, 1.165) is 5.52 Å². The maximum absolute atomic E-state index is 6.38. The topological polar surface area (TPSA) is 12.9 Å². The van der Waals surface area contributed by atoms with Gasteiger partial charge in [-0.3, -0.25) is 4.98 Å². The lowest BCUT2D eigenvalue weighted by atomic mass is 10.2. The van der Waals surface area contributed by atoms with Crippen molar-refractivity contribution in [2.45, 2.75) is 32.7 Å². The summed E-state index contributed by atoms with van der Waals surface area (Å²) in [5.74, 6) is 0. The van der Waals surface area contributed by atoms with E-state index in [1.54, 1.807) is 0 Å². The van der Waals surface area contributed by atoms with Gasteiger partial charge in [0, 0.05) is 11.6 Å². The first-order chi connectivity index (χ1) is 12.6. The zero-order valence-electron chi connectivity index (χ0n) is 16.5. The maximum Gasteiger partial charge on any atom is 0.114 e. The average Bonchev–Trinajstić information content (AvgIpc) is 2.61. The van der Waals surface area contributed by atoms with Crippen LogP contribution in [0.25, 0.3) is 16.1 Å². The first-order valence-corrected chi connectivity index (χ1v) is 16.5. The van der Waals surface area contributed by atoms with E-state index in [1.807, 2.05) is 24.4 Å². The normalized spacial score (nSPS) is 13.2. The highest BCUT2D eigenvalue weighted by atomic mass is 35.5. The second-order valence-corrected chi connectivity index (χ2v) is 18.7. The average molecular weight is 431 g/mol.